The summed E-state index contributed by atoms with van der Waals surface area (Å²) in [7, 11) is 1.43. The average molecular weight is 198 g/mol. The lowest BCUT2D eigenvalue weighted by Gasteiger charge is -2.19. The Kier molecular flexibility index (Phi) is 2.03. The fourth-order valence-electron chi connectivity index (χ4n) is 1.53. The molecule has 1 aliphatic carbocycles. The van der Waals surface area contributed by atoms with Crippen LogP contribution in [0.4, 0.5) is 0 Å². The first-order valence-electron chi connectivity index (χ1n) is 4.25. The molecular formula is C9H10O5. The minimum Gasteiger partial charge on any atom is -0.497 e. The second kappa shape index (κ2) is 3.09. The van der Waals surface area contributed by atoms with Crippen molar-refractivity contribution in [3.63, 3.8) is 0 Å². The molecule has 0 aromatic carbocycles. The summed E-state index contributed by atoms with van der Waals surface area (Å²) in [5.74, 6) is -0.194. The second-order valence-corrected chi connectivity index (χ2v) is 3.20. The quantitative estimate of drug-likeness (QED) is 0.454. The molecule has 2 aliphatic rings. The third-order valence-corrected chi connectivity index (χ3v) is 2.20. The molecule has 5 heteroatoms. The Morgan fingerprint density at radius 3 is 2.86 bits per heavy atom. The maximum atomic E-state index is 11.2. The smallest absolute Gasteiger partial charge is 0.303 e. The van der Waals surface area contributed by atoms with E-state index in [1.807, 2.05) is 0 Å². The molecule has 1 fully saturated rings. The number of epoxide rings is 1. The topological polar surface area (TPSA) is 65.1 Å². The Labute approximate surface area is 80.6 Å². The molecule has 2 rings (SSSR count). The van der Waals surface area contributed by atoms with Gasteiger partial charge in [-0.25, -0.2) is 0 Å². The standard InChI is InChI=1S/C9H10O5/c1-4(10)13-8-6(12-2)3-5(11)7-9(8)14-7/h3,7-9H,1-2H3/t7-,8-,9-/m1/s1. The van der Waals surface area contributed by atoms with Gasteiger partial charge in [0, 0.05) is 13.0 Å². The molecule has 3 atom stereocenters. The van der Waals surface area contributed by atoms with E-state index in [2.05, 4.69) is 0 Å². The number of ketones is 1. The van der Waals surface area contributed by atoms with Gasteiger partial charge < -0.3 is 14.2 Å². The van der Waals surface area contributed by atoms with Gasteiger partial charge in [-0.1, -0.05) is 0 Å². The Bertz CT molecular complexity index is 319. The Hall–Kier alpha value is -1.36. The minimum atomic E-state index is -0.569. The lowest BCUT2D eigenvalue weighted by atomic mass is 10.0. The minimum absolute atomic E-state index is 0.129. The molecule has 0 spiro atoms. The van der Waals surface area contributed by atoms with Gasteiger partial charge in [-0.2, -0.15) is 0 Å². The molecule has 76 valence electrons. The zero-order chi connectivity index (χ0) is 10.3. The molecule has 0 aromatic rings. The number of carbonyl (C=O) groups is 2. The van der Waals surface area contributed by atoms with Gasteiger partial charge in [0.1, 0.15) is 11.9 Å². The Morgan fingerprint density at radius 1 is 1.57 bits per heavy atom. The number of carbonyl (C=O) groups excluding carboxylic acids is 2. The third kappa shape index (κ3) is 1.39. The summed E-state index contributed by atoms with van der Waals surface area (Å²) < 4.78 is 15.0. The van der Waals surface area contributed by atoms with Crippen molar-refractivity contribution in [3.05, 3.63) is 11.8 Å². The van der Waals surface area contributed by atoms with Crippen LogP contribution in [0.3, 0.4) is 0 Å². The number of hydrogen-bond donors (Lipinski definition) is 0. The van der Waals surface area contributed by atoms with Gasteiger partial charge in [0.2, 0.25) is 0 Å². The lowest BCUT2D eigenvalue weighted by Crippen LogP contribution is -2.32. The number of esters is 1. The van der Waals surface area contributed by atoms with Gasteiger partial charge in [-0.05, 0) is 0 Å². The molecule has 1 heterocycles. The zero-order valence-electron chi connectivity index (χ0n) is 7.85. The maximum absolute atomic E-state index is 11.2. The van der Waals surface area contributed by atoms with Gasteiger partial charge in [0.25, 0.3) is 0 Å². The first kappa shape index (κ1) is 9.21. The molecule has 1 aliphatic heterocycles. The van der Waals surface area contributed by atoms with Crippen LogP contribution >= 0.6 is 0 Å². The molecule has 14 heavy (non-hydrogen) atoms. The zero-order valence-corrected chi connectivity index (χ0v) is 7.85. The molecule has 0 unspecified atom stereocenters. The van der Waals surface area contributed by atoms with Crippen LogP contribution in [0.2, 0.25) is 0 Å². The summed E-state index contributed by atoms with van der Waals surface area (Å²) in [5, 5.41) is 0. The van der Waals surface area contributed by atoms with Crippen LogP contribution in [0.15, 0.2) is 11.8 Å². The van der Waals surface area contributed by atoms with E-state index in [9.17, 15) is 9.59 Å². The molecule has 0 bridgehead atoms. The summed E-state index contributed by atoms with van der Waals surface area (Å²) in [6.45, 7) is 1.31. The third-order valence-electron chi connectivity index (χ3n) is 2.20. The highest BCUT2D eigenvalue weighted by Gasteiger charge is 2.55. The van der Waals surface area contributed by atoms with Crippen molar-refractivity contribution in [2.24, 2.45) is 0 Å². The SMILES string of the molecule is COC1=CC(=O)[C@H]2O[C@H]2[C@@H]1OC(C)=O. The molecule has 0 amide bonds. The molecule has 5 nitrogen and oxygen atoms in total. The number of hydrogen-bond acceptors (Lipinski definition) is 5. The van der Waals surface area contributed by atoms with Gasteiger partial charge in [0.05, 0.1) is 7.11 Å². The molecule has 1 saturated heterocycles. The fraction of sp³-hybridized carbons (Fsp3) is 0.556. The number of fused-ring (bicyclic) bond motifs is 1. The predicted octanol–water partition coefficient (Wildman–Crippen LogP) is -0.202. The van der Waals surface area contributed by atoms with E-state index < -0.39 is 18.2 Å². The van der Waals surface area contributed by atoms with E-state index in [0.717, 1.165) is 0 Å². The first-order chi connectivity index (χ1) is 6.63. The van der Waals surface area contributed by atoms with Crippen LogP contribution in [0, 0.1) is 0 Å². The summed E-state index contributed by atoms with van der Waals surface area (Å²) in [6.07, 6.45) is -0.0494. The number of methoxy groups -OCH3 is 1. The van der Waals surface area contributed by atoms with Gasteiger partial charge in [0.15, 0.2) is 18.0 Å². The molecule has 0 saturated carbocycles. The summed E-state index contributed by atoms with van der Waals surface area (Å²) in [4.78, 5) is 22.0. The largest absolute Gasteiger partial charge is 0.497 e. The average Bonchev–Trinajstić information content (AvgIpc) is 2.88. The molecule has 0 aromatic heterocycles. The molecular weight excluding hydrogens is 188 g/mol. The van der Waals surface area contributed by atoms with Crippen molar-refractivity contribution in [1.82, 2.24) is 0 Å². The van der Waals surface area contributed by atoms with Crippen molar-refractivity contribution >= 4 is 11.8 Å². The first-order valence-corrected chi connectivity index (χ1v) is 4.25. The van der Waals surface area contributed by atoms with Gasteiger partial charge in [-0.15, -0.1) is 0 Å². The normalized spacial score (nSPS) is 34.3. The Morgan fingerprint density at radius 2 is 2.29 bits per heavy atom. The van der Waals surface area contributed by atoms with Crippen LogP contribution in [0.25, 0.3) is 0 Å². The van der Waals surface area contributed by atoms with Gasteiger partial charge in [-0.3, -0.25) is 9.59 Å². The van der Waals surface area contributed by atoms with E-state index >= 15 is 0 Å². The van der Waals surface area contributed by atoms with E-state index in [1.54, 1.807) is 0 Å². The van der Waals surface area contributed by atoms with Crippen molar-refractivity contribution in [2.45, 2.75) is 25.2 Å². The summed E-state index contributed by atoms with van der Waals surface area (Å²) in [5.41, 5.74) is 0. The maximum Gasteiger partial charge on any atom is 0.303 e. The highest BCUT2D eigenvalue weighted by atomic mass is 16.6. The van der Waals surface area contributed by atoms with Crippen molar-refractivity contribution in [1.29, 1.82) is 0 Å². The van der Waals surface area contributed by atoms with E-state index in [4.69, 9.17) is 14.2 Å². The van der Waals surface area contributed by atoms with E-state index in [0.29, 0.717) is 5.76 Å². The van der Waals surface area contributed by atoms with E-state index in [-0.39, 0.29) is 11.9 Å². The van der Waals surface area contributed by atoms with E-state index in [1.165, 1.54) is 20.1 Å². The van der Waals surface area contributed by atoms with Crippen LogP contribution in [0.1, 0.15) is 6.92 Å². The summed E-state index contributed by atoms with van der Waals surface area (Å²) in [6, 6.07) is 0. The number of rotatable bonds is 2. The fourth-order valence-corrected chi connectivity index (χ4v) is 1.53. The van der Waals surface area contributed by atoms with Crippen LogP contribution in [-0.4, -0.2) is 37.2 Å². The van der Waals surface area contributed by atoms with Crippen LogP contribution < -0.4 is 0 Å². The highest BCUT2D eigenvalue weighted by molar-refractivity contribution is 5.97. The number of ether oxygens (including phenoxy) is 3. The van der Waals surface area contributed by atoms with Crippen molar-refractivity contribution in [3.8, 4) is 0 Å². The second-order valence-electron chi connectivity index (χ2n) is 3.20. The Balaban J connectivity index is 2.18. The molecule has 0 N–H and O–H groups in total. The summed E-state index contributed by atoms with van der Waals surface area (Å²) >= 11 is 0. The lowest BCUT2D eigenvalue weighted by molar-refractivity contribution is -0.147. The van der Waals surface area contributed by atoms with Crippen LogP contribution in [0.5, 0.6) is 0 Å². The van der Waals surface area contributed by atoms with Crippen LogP contribution in [-0.2, 0) is 23.8 Å². The van der Waals surface area contributed by atoms with Gasteiger partial charge >= 0.3 is 5.97 Å². The van der Waals surface area contributed by atoms with Crippen molar-refractivity contribution in [2.75, 3.05) is 7.11 Å². The highest BCUT2D eigenvalue weighted by Crippen LogP contribution is 2.36. The van der Waals surface area contributed by atoms with Crippen molar-refractivity contribution < 1.29 is 23.8 Å². The monoisotopic (exact) mass is 198 g/mol. The predicted molar refractivity (Wildman–Crippen MR) is 44.3 cm³/mol. The molecule has 0 radical (unpaired) electrons.